The van der Waals surface area contributed by atoms with Crippen LogP contribution in [0.1, 0.15) is 17.2 Å². The number of nitrogens with one attached hydrogen (secondary N) is 1. The minimum Gasteiger partial charge on any atom is -0.360 e. The van der Waals surface area contributed by atoms with Gasteiger partial charge in [0, 0.05) is 27.1 Å². The number of halogens is 2. The van der Waals surface area contributed by atoms with Crippen molar-refractivity contribution in [2.24, 2.45) is 0 Å². The first-order valence-corrected chi connectivity index (χ1v) is 10.9. The monoisotopic (exact) mass is 505 g/mol. The van der Waals surface area contributed by atoms with Gasteiger partial charge in [0.25, 0.3) is 0 Å². The molecule has 2 aromatic heterocycles. The zero-order valence-corrected chi connectivity index (χ0v) is 18.6. The Kier molecular flexibility index (Phi) is 4.86. The zero-order valence-electron chi connectivity index (χ0n) is 15.4. The maximum atomic E-state index is 4.63. The number of fused-ring (bicyclic) bond motifs is 1. The van der Waals surface area contributed by atoms with Gasteiger partial charge in [-0.1, -0.05) is 76.6 Å². The van der Waals surface area contributed by atoms with Crippen molar-refractivity contribution in [3.8, 4) is 11.3 Å². The van der Waals surface area contributed by atoms with Crippen molar-refractivity contribution < 1.29 is 0 Å². The molecule has 2 heterocycles. The molecule has 1 N–H and O–H groups in total. The van der Waals surface area contributed by atoms with Crippen molar-refractivity contribution in [2.75, 3.05) is 0 Å². The van der Waals surface area contributed by atoms with Gasteiger partial charge in [0.1, 0.15) is 4.60 Å². The van der Waals surface area contributed by atoms with Gasteiger partial charge in [-0.15, -0.1) is 0 Å². The summed E-state index contributed by atoms with van der Waals surface area (Å²) < 4.78 is 4.15. The van der Waals surface area contributed by atoms with E-state index in [-0.39, 0.29) is 6.04 Å². The topological polar surface area (TPSA) is 33.6 Å². The summed E-state index contributed by atoms with van der Waals surface area (Å²) in [6.45, 7) is 0. The van der Waals surface area contributed by atoms with E-state index >= 15 is 0 Å². The normalized spacial score (nSPS) is 12.3. The lowest BCUT2D eigenvalue weighted by Gasteiger charge is -2.22. The highest BCUT2D eigenvalue weighted by Crippen LogP contribution is 2.38. The highest BCUT2D eigenvalue weighted by atomic mass is 79.9. The molecule has 0 radical (unpaired) electrons. The number of imidazole rings is 1. The van der Waals surface area contributed by atoms with Crippen LogP contribution in [-0.4, -0.2) is 14.5 Å². The first-order chi connectivity index (χ1) is 14.2. The van der Waals surface area contributed by atoms with Crippen molar-refractivity contribution in [3.63, 3.8) is 0 Å². The molecule has 0 amide bonds. The summed E-state index contributed by atoms with van der Waals surface area (Å²) in [6.07, 6.45) is 3.98. The smallest absolute Gasteiger partial charge is 0.132 e. The van der Waals surface area contributed by atoms with Gasteiger partial charge in [-0.25, -0.2) is 4.98 Å². The lowest BCUT2D eigenvalue weighted by molar-refractivity contribution is 0.683. The van der Waals surface area contributed by atoms with E-state index in [9.17, 15) is 0 Å². The minimum absolute atomic E-state index is 0.00626. The summed E-state index contributed by atoms with van der Waals surface area (Å²) in [7, 11) is 0. The summed E-state index contributed by atoms with van der Waals surface area (Å²) in [4.78, 5) is 8.01. The predicted octanol–water partition coefficient (Wildman–Crippen LogP) is 7.19. The molecule has 0 saturated carbocycles. The molecule has 0 fully saturated rings. The first-order valence-electron chi connectivity index (χ1n) is 9.31. The molecule has 3 nitrogen and oxygen atoms in total. The molecule has 3 aromatic carbocycles. The Morgan fingerprint density at radius 3 is 2.28 bits per heavy atom. The first kappa shape index (κ1) is 18.4. The van der Waals surface area contributed by atoms with E-state index in [2.05, 4.69) is 119 Å². The Balaban J connectivity index is 1.75. The fourth-order valence-electron chi connectivity index (χ4n) is 3.85. The van der Waals surface area contributed by atoms with Crippen LogP contribution in [0.3, 0.4) is 0 Å². The van der Waals surface area contributed by atoms with Gasteiger partial charge in [-0.05, 0) is 45.3 Å². The van der Waals surface area contributed by atoms with Gasteiger partial charge in [0.05, 0.1) is 18.1 Å². The minimum atomic E-state index is 0.00626. The third-order valence-corrected chi connectivity index (χ3v) is 6.28. The van der Waals surface area contributed by atoms with Crippen molar-refractivity contribution in [1.29, 1.82) is 0 Å². The second-order valence-electron chi connectivity index (χ2n) is 6.90. The largest absolute Gasteiger partial charge is 0.360 e. The summed E-state index contributed by atoms with van der Waals surface area (Å²) in [5.74, 6) is 0. The molecule has 29 heavy (non-hydrogen) atoms. The third kappa shape index (κ3) is 3.34. The van der Waals surface area contributed by atoms with Crippen molar-refractivity contribution in [3.05, 3.63) is 112 Å². The molecule has 5 heteroatoms. The highest BCUT2D eigenvalue weighted by Gasteiger charge is 2.23. The number of para-hydroxylation sites is 1. The average molecular weight is 507 g/mol. The molecule has 0 aliphatic carbocycles. The molecule has 142 valence electrons. The SMILES string of the molecule is Brc1ccc(C(c2ccccc2)n2cnc(Br)c2-c2c[nH]c3ccccc23)cc1. The number of aromatic nitrogens is 3. The Hall–Kier alpha value is -2.63. The van der Waals surface area contributed by atoms with Crippen LogP contribution >= 0.6 is 31.9 Å². The van der Waals surface area contributed by atoms with Crippen molar-refractivity contribution in [2.45, 2.75) is 6.04 Å². The average Bonchev–Trinajstić information content (AvgIpc) is 3.34. The van der Waals surface area contributed by atoms with E-state index in [0.29, 0.717) is 0 Å². The molecule has 0 saturated heterocycles. The van der Waals surface area contributed by atoms with E-state index < -0.39 is 0 Å². The second-order valence-corrected chi connectivity index (χ2v) is 8.57. The van der Waals surface area contributed by atoms with Gasteiger partial charge in [0.15, 0.2) is 0 Å². The maximum absolute atomic E-state index is 4.63. The number of hydrogen-bond donors (Lipinski definition) is 1. The van der Waals surface area contributed by atoms with Crippen LogP contribution < -0.4 is 0 Å². The van der Waals surface area contributed by atoms with Gasteiger partial charge in [-0.2, -0.15) is 0 Å². The van der Waals surface area contributed by atoms with Crippen LogP contribution in [0.25, 0.3) is 22.2 Å². The van der Waals surface area contributed by atoms with Gasteiger partial charge < -0.3 is 9.55 Å². The van der Waals surface area contributed by atoms with E-state index in [1.54, 1.807) is 0 Å². The number of hydrogen-bond acceptors (Lipinski definition) is 1. The number of aromatic amines is 1. The van der Waals surface area contributed by atoms with Crippen LogP contribution in [0.4, 0.5) is 0 Å². The molecule has 5 rings (SSSR count). The number of rotatable bonds is 4. The van der Waals surface area contributed by atoms with Crippen LogP contribution in [0.15, 0.2) is 100 Å². The van der Waals surface area contributed by atoms with Gasteiger partial charge in [0.2, 0.25) is 0 Å². The summed E-state index contributed by atoms with van der Waals surface area (Å²) in [6, 6.07) is 27.4. The van der Waals surface area contributed by atoms with Gasteiger partial charge >= 0.3 is 0 Å². The molecule has 0 aliphatic heterocycles. The maximum Gasteiger partial charge on any atom is 0.132 e. The molecule has 1 unspecified atom stereocenters. The van der Waals surface area contributed by atoms with Crippen molar-refractivity contribution >= 4 is 42.8 Å². The lowest BCUT2D eigenvalue weighted by atomic mass is 9.97. The number of H-pyrrole nitrogens is 1. The summed E-state index contributed by atoms with van der Waals surface area (Å²) in [5, 5.41) is 1.18. The molecule has 1 atom stereocenters. The number of benzene rings is 3. The van der Waals surface area contributed by atoms with E-state index in [4.69, 9.17) is 0 Å². The quantitative estimate of drug-likeness (QED) is 0.275. The van der Waals surface area contributed by atoms with E-state index in [0.717, 1.165) is 25.8 Å². The summed E-state index contributed by atoms with van der Waals surface area (Å²) >= 11 is 7.25. The Labute approximate surface area is 185 Å². The molecular formula is C24H17Br2N3. The predicted molar refractivity (Wildman–Crippen MR) is 125 cm³/mol. The molecular weight excluding hydrogens is 490 g/mol. The van der Waals surface area contributed by atoms with Crippen LogP contribution in [0.5, 0.6) is 0 Å². The third-order valence-electron chi connectivity index (χ3n) is 5.17. The molecule has 5 aromatic rings. The molecule has 0 bridgehead atoms. The highest BCUT2D eigenvalue weighted by molar-refractivity contribution is 9.10. The Morgan fingerprint density at radius 2 is 1.48 bits per heavy atom. The number of nitrogens with zero attached hydrogens (tertiary/aromatic N) is 2. The molecule has 0 spiro atoms. The summed E-state index contributed by atoms with van der Waals surface area (Å²) in [5.41, 5.74) is 5.70. The van der Waals surface area contributed by atoms with Crippen molar-refractivity contribution in [1.82, 2.24) is 14.5 Å². The second kappa shape index (κ2) is 7.65. The van der Waals surface area contributed by atoms with E-state index in [1.807, 2.05) is 18.5 Å². The lowest BCUT2D eigenvalue weighted by Crippen LogP contribution is -2.12. The van der Waals surface area contributed by atoms with E-state index in [1.165, 1.54) is 16.5 Å². The Morgan fingerprint density at radius 1 is 0.793 bits per heavy atom. The van der Waals surface area contributed by atoms with Crippen LogP contribution in [0, 0.1) is 0 Å². The standard InChI is InChI=1S/C24H17Br2N3/c25-18-12-10-17(11-13-18)22(16-6-2-1-3-7-16)29-15-28-24(26)23(29)20-14-27-21-9-5-4-8-19(20)21/h1-15,22,27H. The van der Waals surface area contributed by atoms with Crippen LogP contribution in [-0.2, 0) is 0 Å². The van der Waals surface area contributed by atoms with Crippen LogP contribution in [0.2, 0.25) is 0 Å². The fourth-order valence-corrected chi connectivity index (χ4v) is 4.62. The zero-order chi connectivity index (χ0) is 19.8. The van der Waals surface area contributed by atoms with Gasteiger partial charge in [-0.3, -0.25) is 0 Å². The fraction of sp³-hybridized carbons (Fsp3) is 0.0417. The Bertz CT molecular complexity index is 1270. The molecule has 0 aliphatic rings.